The largest absolute Gasteiger partial charge is 0.479 e. The van der Waals surface area contributed by atoms with E-state index in [2.05, 4.69) is 40.7 Å². The van der Waals surface area contributed by atoms with Crippen LogP contribution in [0.5, 0.6) is 0 Å². The Balaban J connectivity index is 1.12. The minimum Gasteiger partial charge on any atom is -0.479 e. The number of aliphatic carboxylic acids is 1. The highest BCUT2D eigenvalue weighted by Crippen LogP contribution is 2.76. The molecule has 9 unspecified atom stereocenters. The van der Waals surface area contributed by atoms with Gasteiger partial charge in [-0.25, -0.2) is 4.79 Å². The monoisotopic (exact) mass is 998 g/mol. The van der Waals surface area contributed by atoms with Gasteiger partial charge in [0.1, 0.15) is 73.1 Å². The van der Waals surface area contributed by atoms with Crippen LogP contribution >= 0.6 is 0 Å². The van der Waals surface area contributed by atoms with Gasteiger partial charge in [0, 0.05) is 6.42 Å². The molecule has 5 aliphatic carbocycles. The second kappa shape index (κ2) is 19.6. The molecule has 4 saturated carbocycles. The van der Waals surface area contributed by atoms with E-state index >= 15 is 0 Å². The van der Waals surface area contributed by atoms with E-state index in [1.54, 1.807) is 6.92 Å². The third kappa shape index (κ3) is 8.48. The Kier molecular flexibility index (Phi) is 15.1. The summed E-state index contributed by atoms with van der Waals surface area (Å²) in [6.45, 7) is 12.1. The summed E-state index contributed by atoms with van der Waals surface area (Å²) in [7, 11) is 0. The maximum Gasteiger partial charge on any atom is 0.335 e. The third-order valence-electron chi connectivity index (χ3n) is 19.7. The van der Waals surface area contributed by atoms with Gasteiger partial charge in [0.15, 0.2) is 25.0 Å². The first kappa shape index (κ1) is 54.2. The molecule has 0 radical (unpaired) electrons. The van der Waals surface area contributed by atoms with Crippen LogP contribution in [0.4, 0.5) is 0 Å². The van der Waals surface area contributed by atoms with Gasteiger partial charge in [0.05, 0.1) is 36.3 Å². The van der Waals surface area contributed by atoms with Crippen LogP contribution in [0, 0.1) is 50.2 Å². The number of hydrogen-bond acceptors (Lipinski definition) is 19. The second-order valence-electron chi connectivity index (χ2n) is 23.8. The van der Waals surface area contributed by atoms with Gasteiger partial charge in [-0.2, -0.15) is 0 Å². The van der Waals surface area contributed by atoms with Gasteiger partial charge in [-0.05, 0) is 110 Å². The number of fused-ring (bicyclic) bond motifs is 7. The molecule has 398 valence electrons. The molecule has 0 aromatic carbocycles. The lowest BCUT2D eigenvalue weighted by Crippen LogP contribution is -2.69. The number of aliphatic hydroxyl groups is 9. The molecule has 20 nitrogen and oxygen atoms in total. The van der Waals surface area contributed by atoms with Crippen LogP contribution in [0.25, 0.3) is 0 Å². The number of ether oxygens (including phenoxy) is 6. The first-order chi connectivity index (χ1) is 32.8. The van der Waals surface area contributed by atoms with Gasteiger partial charge < -0.3 is 90.0 Å². The summed E-state index contributed by atoms with van der Waals surface area (Å²) in [5.41, 5.74) is 3.61. The summed E-state index contributed by atoms with van der Waals surface area (Å²) in [5.74, 6) is -2.00. The van der Waals surface area contributed by atoms with Crippen molar-refractivity contribution in [1.82, 2.24) is 0 Å². The molecule has 0 aromatic rings. The molecule has 8 rings (SSSR count). The number of carbonyl (C=O) groups is 3. The maximum absolute atomic E-state index is 14.4. The smallest absolute Gasteiger partial charge is 0.335 e. The molecular weight excluding hydrogens is 919 g/mol. The quantitative estimate of drug-likeness (QED) is 0.0647. The van der Waals surface area contributed by atoms with E-state index in [0.717, 1.165) is 19.1 Å². The second-order valence-corrected chi connectivity index (χ2v) is 23.8. The standard InChI is InChI=1S/C50H79NO19/c1-45(2)15-16-50(29(55)8-7-17-51)24(18-45)23-9-10-28-46(3)13-12-31(47(4,22-53)27(46)11-14-48(28,5)49(23,6)19-30(50)56)67-44-40(70-43-36(61)34(59)33(58)26(20-52)66-43)38(37(62)39(69-44)41(63)64)68-42-35(60)32(57)25(54)21-65-42/h9,22,24-28,30-40,42-44,52,54,56-62H,7-8,10-21,51H2,1-6H3,(H,63,64)/t24?,25-,26?,27-,28?,30?,31+,32+,33+,34+,35?,36?,37+,38+,39?,40?,42+,43+,44-,46?,47-,48+,49-,50+/m1/s1. The fourth-order valence-electron chi connectivity index (χ4n) is 15.4. The highest BCUT2D eigenvalue weighted by molar-refractivity contribution is 5.87. The zero-order valence-corrected chi connectivity index (χ0v) is 41.2. The maximum atomic E-state index is 14.4. The number of Topliss-reactive ketones (excluding diaryl/α,β-unsaturated/α-hetero) is 1. The lowest BCUT2D eigenvalue weighted by Gasteiger charge is -2.71. The molecule has 3 heterocycles. The van der Waals surface area contributed by atoms with E-state index < -0.39 is 139 Å². The summed E-state index contributed by atoms with van der Waals surface area (Å²) >= 11 is 0. The number of aliphatic hydroxyl groups excluding tert-OH is 9. The molecule has 70 heavy (non-hydrogen) atoms. The van der Waals surface area contributed by atoms with Gasteiger partial charge in [-0.15, -0.1) is 0 Å². The van der Waals surface area contributed by atoms with Gasteiger partial charge in [0.2, 0.25) is 0 Å². The van der Waals surface area contributed by atoms with E-state index in [0.29, 0.717) is 57.9 Å². The van der Waals surface area contributed by atoms with Gasteiger partial charge in [0.25, 0.3) is 0 Å². The van der Waals surface area contributed by atoms with E-state index in [-0.39, 0.29) is 40.8 Å². The summed E-state index contributed by atoms with van der Waals surface area (Å²) in [6.07, 6.45) is -18.3. The lowest BCUT2D eigenvalue weighted by molar-refractivity contribution is -0.391. The number of aldehydes is 1. The van der Waals surface area contributed by atoms with Crippen LogP contribution in [-0.2, 0) is 42.8 Å². The molecule has 0 amide bonds. The summed E-state index contributed by atoms with van der Waals surface area (Å²) in [5, 5.41) is 108. The highest BCUT2D eigenvalue weighted by Gasteiger charge is 2.72. The first-order valence-electron chi connectivity index (χ1n) is 25.4. The number of carboxylic acids is 1. The molecule has 8 aliphatic rings. The summed E-state index contributed by atoms with van der Waals surface area (Å²) in [4.78, 5) is 41.1. The number of rotatable bonds is 13. The molecule has 12 N–H and O–H groups in total. The lowest BCUT2D eigenvalue weighted by atomic mass is 9.33. The number of nitrogens with two attached hydrogens (primary N) is 1. The van der Waals surface area contributed by atoms with Crippen molar-refractivity contribution in [2.45, 2.75) is 210 Å². The SMILES string of the molecule is CC1(C)CC[C@]2(C(=O)CCCN)C(O)C[C@]3(C)C(=CCC4C5(C)CC[C@H](O[C@@H]6OC(C(=O)O)[C@@H](O)[C@H](O[C@@H]7OC[C@@H](O)[C@H](O)C7O)C6O[C@@H]6OC(CO)[C@H](O)[C@H](O)C6O)[C@](C)(C=O)[C@@H]5CC[C@@]43C)C2C1. The van der Waals surface area contributed by atoms with Crippen LogP contribution in [0.1, 0.15) is 112 Å². The Hall–Kier alpha value is -2.09. The van der Waals surface area contributed by atoms with Crippen molar-refractivity contribution >= 4 is 18.0 Å². The normalized spacial score (nSPS) is 52.2. The fraction of sp³-hybridized carbons (Fsp3) is 0.900. The Bertz CT molecular complexity index is 1970. The van der Waals surface area contributed by atoms with Crippen LogP contribution in [0.2, 0.25) is 0 Å². The van der Waals surface area contributed by atoms with Gasteiger partial charge in [-0.3, -0.25) is 4.79 Å². The number of carbonyl (C=O) groups excluding carboxylic acids is 2. The van der Waals surface area contributed by atoms with E-state index in [1.807, 2.05) is 0 Å². The number of allylic oxidation sites excluding steroid dienone is 2. The van der Waals surface area contributed by atoms with Crippen molar-refractivity contribution in [2.24, 2.45) is 56.0 Å². The predicted octanol–water partition coefficient (Wildman–Crippen LogP) is -0.189. The van der Waals surface area contributed by atoms with Crippen molar-refractivity contribution in [3.05, 3.63) is 11.6 Å². The van der Waals surface area contributed by atoms with E-state index in [9.17, 15) is 65.4 Å². The zero-order chi connectivity index (χ0) is 51.3. The molecule has 3 aliphatic heterocycles. The molecular formula is C50H79NO19. The van der Waals surface area contributed by atoms with Gasteiger partial charge in [-0.1, -0.05) is 53.2 Å². The van der Waals surface area contributed by atoms with Crippen molar-refractivity contribution in [2.75, 3.05) is 19.8 Å². The first-order valence-corrected chi connectivity index (χ1v) is 25.4. The molecule has 3 saturated heterocycles. The molecule has 20 heteroatoms. The fourth-order valence-corrected chi connectivity index (χ4v) is 15.4. The minimum atomic E-state index is -2.13. The molecule has 0 spiro atoms. The van der Waals surface area contributed by atoms with Crippen molar-refractivity contribution < 1.29 is 93.9 Å². The van der Waals surface area contributed by atoms with Crippen LogP contribution < -0.4 is 5.73 Å². The Morgan fingerprint density at radius 1 is 0.771 bits per heavy atom. The van der Waals surface area contributed by atoms with Crippen molar-refractivity contribution in [3.63, 3.8) is 0 Å². The highest BCUT2D eigenvalue weighted by atomic mass is 16.8. The van der Waals surface area contributed by atoms with Crippen molar-refractivity contribution in [1.29, 1.82) is 0 Å². The van der Waals surface area contributed by atoms with Crippen LogP contribution in [-0.4, -0.2) is 187 Å². The Morgan fingerprint density at radius 2 is 1.46 bits per heavy atom. The average Bonchev–Trinajstić information content (AvgIpc) is 3.30. The third-order valence-corrected chi connectivity index (χ3v) is 19.7. The topological polar surface area (TPSA) is 335 Å². The van der Waals surface area contributed by atoms with Crippen LogP contribution in [0.3, 0.4) is 0 Å². The minimum absolute atomic E-state index is 0.0188. The number of carboxylic acid groups (broad SMARTS) is 1. The van der Waals surface area contributed by atoms with E-state index in [4.69, 9.17) is 34.2 Å². The average molecular weight is 998 g/mol. The Labute approximate surface area is 408 Å². The van der Waals surface area contributed by atoms with Crippen molar-refractivity contribution in [3.8, 4) is 0 Å². The number of hydrogen-bond donors (Lipinski definition) is 11. The van der Waals surface area contributed by atoms with E-state index in [1.165, 1.54) is 5.57 Å². The Morgan fingerprint density at radius 3 is 2.11 bits per heavy atom. The molecule has 0 aromatic heterocycles. The molecule has 24 atom stereocenters. The molecule has 0 bridgehead atoms. The van der Waals surface area contributed by atoms with Crippen LogP contribution in [0.15, 0.2) is 11.6 Å². The number of ketones is 1. The predicted molar refractivity (Wildman–Crippen MR) is 243 cm³/mol. The zero-order valence-electron chi connectivity index (χ0n) is 41.2. The summed E-state index contributed by atoms with van der Waals surface area (Å²) < 4.78 is 36.0. The van der Waals surface area contributed by atoms with Gasteiger partial charge >= 0.3 is 5.97 Å². The summed E-state index contributed by atoms with van der Waals surface area (Å²) in [6, 6.07) is 0. The molecule has 7 fully saturated rings.